The Labute approximate surface area is 90.3 Å². The summed E-state index contributed by atoms with van der Waals surface area (Å²) >= 11 is 0. The number of alkyl halides is 5. The molecule has 1 heterocycles. The Morgan fingerprint density at radius 3 is 2.24 bits per heavy atom. The number of carboxylic acid groups (broad SMARTS) is 1. The number of aromatic nitrogens is 1. The minimum atomic E-state index is -5.16. The number of aromatic hydroxyl groups is 1. The summed E-state index contributed by atoms with van der Waals surface area (Å²) in [6.45, 7) is 0. The van der Waals surface area contributed by atoms with Gasteiger partial charge < -0.3 is 10.2 Å². The second-order valence-corrected chi connectivity index (χ2v) is 2.89. The van der Waals surface area contributed by atoms with E-state index < -0.39 is 41.1 Å². The Morgan fingerprint density at radius 2 is 1.88 bits per heavy atom. The third-order valence-corrected chi connectivity index (χ3v) is 1.82. The first-order chi connectivity index (χ1) is 7.66. The molecular weight excluding hydrogens is 253 g/mol. The quantitative estimate of drug-likeness (QED) is 0.798. The van der Waals surface area contributed by atoms with Crippen molar-refractivity contribution in [1.29, 1.82) is 0 Å². The molecule has 1 rings (SSSR count). The van der Waals surface area contributed by atoms with Crippen LogP contribution in [0.5, 0.6) is 5.75 Å². The predicted molar refractivity (Wildman–Crippen MR) is 42.8 cm³/mol. The van der Waals surface area contributed by atoms with E-state index in [1.807, 2.05) is 0 Å². The van der Waals surface area contributed by atoms with E-state index in [1.54, 1.807) is 0 Å². The van der Waals surface area contributed by atoms with Crippen molar-refractivity contribution in [3.8, 4) is 5.75 Å². The zero-order valence-corrected chi connectivity index (χ0v) is 7.79. The molecule has 0 radical (unpaired) electrons. The van der Waals surface area contributed by atoms with Crippen LogP contribution in [0.3, 0.4) is 0 Å². The van der Waals surface area contributed by atoms with Gasteiger partial charge in [-0.3, -0.25) is 0 Å². The van der Waals surface area contributed by atoms with Crippen LogP contribution in [-0.2, 0) is 6.18 Å². The molecule has 0 spiro atoms. The van der Waals surface area contributed by atoms with Crippen molar-refractivity contribution in [3.63, 3.8) is 0 Å². The van der Waals surface area contributed by atoms with Crippen LogP contribution in [0.4, 0.5) is 22.0 Å². The minimum Gasteiger partial charge on any atom is -0.505 e. The molecule has 1 aromatic rings. The summed E-state index contributed by atoms with van der Waals surface area (Å²) in [5.41, 5.74) is -4.91. The highest BCUT2D eigenvalue weighted by Crippen LogP contribution is 2.41. The highest BCUT2D eigenvalue weighted by Gasteiger charge is 2.39. The molecule has 0 amide bonds. The minimum absolute atomic E-state index is 0.0509. The molecule has 94 valence electrons. The standard InChI is InChI=1S/C8H4F5NO3/c9-6(10)3-2(8(11,12)13)1-14-4(5(3)15)7(16)17/h1,6,15H,(H,16,17). The number of aromatic carboxylic acids is 1. The number of rotatable bonds is 2. The van der Waals surface area contributed by atoms with Gasteiger partial charge in [0.15, 0.2) is 11.4 Å². The van der Waals surface area contributed by atoms with Crippen LogP contribution < -0.4 is 0 Å². The van der Waals surface area contributed by atoms with Gasteiger partial charge in [0, 0.05) is 6.20 Å². The smallest absolute Gasteiger partial charge is 0.418 e. The Bertz CT molecular complexity index is 457. The van der Waals surface area contributed by atoms with Gasteiger partial charge >= 0.3 is 12.1 Å². The van der Waals surface area contributed by atoms with Gasteiger partial charge in [-0.2, -0.15) is 13.2 Å². The van der Waals surface area contributed by atoms with Crippen molar-refractivity contribution in [2.24, 2.45) is 0 Å². The van der Waals surface area contributed by atoms with Gasteiger partial charge in [-0.05, 0) is 0 Å². The first kappa shape index (κ1) is 13.1. The van der Waals surface area contributed by atoms with E-state index in [1.165, 1.54) is 0 Å². The molecule has 0 aromatic carbocycles. The van der Waals surface area contributed by atoms with Crippen LogP contribution in [-0.4, -0.2) is 21.2 Å². The fraction of sp³-hybridized carbons (Fsp3) is 0.250. The maximum Gasteiger partial charge on any atom is 0.418 e. The third kappa shape index (κ3) is 2.43. The zero-order valence-electron chi connectivity index (χ0n) is 7.79. The highest BCUT2D eigenvalue weighted by molar-refractivity contribution is 5.89. The average molecular weight is 257 g/mol. The normalized spacial score (nSPS) is 11.9. The molecule has 4 nitrogen and oxygen atoms in total. The number of hydrogen-bond donors (Lipinski definition) is 2. The molecule has 0 aliphatic rings. The first-order valence-electron chi connectivity index (χ1n) is 3.96. The molecule has 1 aromatic heterocycles. The van der Waals surface area contributed by atoms with Crippen LogP contribution in [0.2, 0.25) is 0 Å². The average Bonchev–Trinajstić information content (AvgIpc) is 2.14. The number of carbonyl (C=O) groups is 1. The molecule has 0 saturated heterocycles. The third-order valence-electron chi connectivity index (χ3n) is 1.82. The molecule has 0 saturated carbocycles. The van der Waals surface area contributed by atoms with Crippen LogP contribution in [0.15, 0.2) is 6.20 Å². The number of halogens is 5. The van der Waals surface area contributed by atoms with Crippen molar-refractivity contribution in [2.75, 3.05) is 0 Å². The molecule has 0 aliphatic carbocycles. The van der Waals surface area contributed by atoms with Crippen LogP contribution in [0, 0.1) is 0 Å². The molecule has 17 heavy (non-hydrogen) atoms. The number of nitrogens with zero attached hydrogens (tertiary/aromatic N) is 1. The Kier molecular flexibility index (Phi) is 3.21. The lowest BCUT2D eigenvalue weighted by Crippen LogP contribution is -2.13. The number of pyridine rings is 1. The number of hydrogen-bond acceptors (Lipinski definition) is 3. The first-order valence-corrected chi connectivity index (χ1v) is 3.96. The van der Waals surface area contributed by atoms with E-state index >= 15 is 0 Å². The summed E-state index contributed by atoms with van der Waals surface area (Å²) in [7, 11) is 0. The van der Waals surface area contributed by atoms with Crippen LogP contribution in [0.25, 0.3) is 0 Å². The summed E-state index contributed by atoms with van der Waals surface area (Å²) in [5.74, 6) is -3.58. The lowest BCUT2D eigenvalue weighted by atomic mass is 10.1. The van der Waals surface area contributed by atoms with Crippen molar-refractivity contribution >= 4 is 5.97 Å². The van der Waals surface area contributed by atoms with Gasteiger partial charge in [0.1, 0.15) is 0 Å². The van der Waals surface area contributed by atoms with Crippen LogP contribution >= 0.6 is 0 Å². The van der Waals surface area contributed by atoms with E-state index in [0.29, 0.717) is 0 Å². The van der Waals surface area contributed by atoms with E-state index in [4.69, 9.17) is 10.2 Å². The summed E-state index contributed by atoms with van der Waals surface area (Å²) in [4.78, 5) is 13.2. The Hall–Kier alpha value is -1.93. The molecule has 0 aliphatic heterocycles. The lowest BCUT2D eigenvalue weighted by molar-refractivity contribution is -0.140. The van der Waals surface area contributed by atoms with Crippen LogP contribution in [0.1, 0.15) is 28.0 Å². The summed E-state index contributed by atoms with van der Waals surface area (Å²) in [5, 5.41) is 17.5. The van der Waals surface area contributed by atoms with E-state index in [2.05, 4.69) is 4.98 Å². The lowest BCUT2D eigenvalue weighted by Gasteiger charge is -2.14. The molecule has 2 N–H and O–H groups in total. The van der Waals surface area contributed by atoms with Gasteiger partial charge in [0.05, 0.1) is 11.1 Å². The van der Waals surface area contributed by atoms with Crippen molar-refractivity contribution in [2.45, 2.75) is 12.6 Å². The van der Waals surface area contributed by atoms with Gasteiger partial charge in [-0.25, -0.2) is 18.6 Å². The monoisotopic (exact) mass is 257 g/mol. The van der Waals surface area contributed by atoms with Crippen molar-refractivity contribution in [1.82, 2.24) is 4.98 Å². The summed E-state index contributed by atoms with van der Waals surface area (Å²) in [6.07, 6.45) is -8.88. The maximum absolute atomic E-state index is 12.4. The summed E-state index contributed by atoms with van der Waals surface area (Å²) < 4.78 is 61.6. The van der Waals surface area contributed by atoms with Crippen molar-refractivity contribution < 1.29 is 37.0 Å². The fourth-order valence-corrected chi connectivity index (χ4v) is 1.12. The predicted octanol–water partition coefficient (Wildman–Crippen LogP) is 2.44. The molecule has 9 heteroatoms. The van der Waals surface area contributed by atoms with E-state index in [0.717, 1.165) is 0 Å². The topological polar surface area (TPSA) is 70.4 Å². The summed E-state index contributed by atoms with van der Waals surface area (Å²) in [6, 6.07) is 0. The number of carboxylic acids is 1. The Morgan fingerprint density at radius 1 is 1.35 bits per heavy atom. The molecule has 0 bridgehead atoms. The van der Waals surface area contributed by atoms with Gasteiger partial charge in [-0.1, -0.05) is 0 Å². The highest BCUT2D eigenvalue weighted by atomic mass is 19.4. The SMILES string of the molecule is O=C(O)c1ncc(C(F)(F)F)c(C(F)F)c1O. The molecule has 0 fully saturated rings. The van der Waals surface area contributed by atoms with Gasteiger partial charge in [0.2, 0.25) is 0 Å². The van der Waals surface area contributed by atoms with E-state index in [-0.39, 0.29) is 6.20 Å². The second kappa shape index (κ2) is 4.15. The fourth-order valence-electron chi connectivity index (χ4n) is 1.12. The molecular formula is C8H4F5NO3. The largest absolute Gasteiger partial charge is 0.505 e. The molecule has 0 atom stereocenters. The zero-order chi connectivity index (χ0) is 13.4. The maximum atomic E-state index is 12.4. The van der Waals surface area contributed by atoms with Gasteiger partial charge in [0.25, 0.3) is 6.43 Å². The second-order valence-electron chi connectivity index (χ2n) is 2.89. The van der Waals surface area contributed by atoms with Crippen molar-refractivity contribution in [3.05, 3.63) is 23.0 Å². The van der Waals surface area contributed by atoms with Gasteiger partial charge in [-0.15, -0.1) is 0 Å². The Balaban J connectivity index is 3.57. The molecule has 0 unspecified atom stereocenters. The van der Waals surface area contributed by atoms with E-state index in [9.17, 15) is 26.7 Å².